The molecule has 1 fully saturated rings. The highest BCUT2D eigenvalue weighted by atomic mass is 35.5. The highest BCUT2D eigenvalue weighted by Crippen LogP contribution is 2.29. The molecule has 0 spiro atoms. The molecule has 20 heavy (non-hydrogen) atoms. The van der Waals surface area contributed by atoms with Crippen molar-refractivity contribution in [3.05, 3.63) is 34.9 Å². The number of amides is 2. The second-order valence-corrected chi connectivity index (χ2v) is 5.86. The molecule has 1 aliphatic rings. The molecule has 2 unspecified atom stereocenters. The van der Waals surface area contributed by atoms with Crippen LogP contribution in [0, 0.1) is 5.92 Å². The summed E-state index contributed by atoms with van der Waals surface area (Å²) in [5.74, 6) is -0.109. The number of carbonyl (C=O) groups excluding carboxylic acids is 2. The number of hydrogen-bond donors (Lipinski definition) is 1. The summed E-state index contributed by atoms with van der Waals surface area (Å²) < 4.78 is 0. The molecule has 1 aromatic rings. The van der Waals surface area contributed by atoms with Crippen LogP contribution in [0.5, 0.6) is 0 Å². The van der Waals surface area contributed by atoms with Crippen LogP contribution in [-0.4, -0.2) is 29.3 Å². The van der Waals surface area contributed by atoms with Crippen molar-refractivity contribution in [1.82, 2.24) is 10.2 Å². The molecule has 2 rings (SSSR count). The largest absolute Gasteiger partial charge is 0.343 e. The van der Waals surface area contributed by atoms with Crippen LogP contribution in [0.4, 0.5) is 0 Å². The molecule has 1 N–H and O–H groups in total. The fourth-order valence-corrected chi connectivity index (χ4v) is 2.75. The molecular weight excluding hydrogens is 276 g/mol. The van der Waals surface area contributed by atoms with Gasteiger partial charge in [-0.25, -0.2) is 0 Å². The number of nitrogens with one attached hydrogen (secondary N) is 1. The Hall–Kier alpha value is -1.55. The zero-order valence-corrected chi connectivity index (χ0v) is 12.6. The maximum absolute atomic E-state index is 12.5. The minimum Gasteiger partial charge on any atom is -0.343 e. The van der Waals surface area contributed by atoms with E-state index in [4.69, 9.17) is 11.6 Å². The number of hydrogen-bond acceptors (Lipinski definition) is 2. The lowest BCUT2D eigenvalue weighted by Gasteiger charge is -2.38. The molecule has 2 atom stereocenters. The Bertz CT molecular complexity index is 530. The highest BCUT2D eigenvalue weighted by molar-refractivity contribution is 6.31. The van der Waals surface area contributed by atoms with Crippen molar-refractivity contribution >= 4 is 23.4 Å². The van der Waals surface area contributed by atoms with Crippen LogP contribution >= 0.6 is 11.6 Å². The molecule has 1 heterocycles. The third-order valence-corrected chi connectivity index (χ3v) is 4.01. The van der Waals surface area contributed by atoms with Gasteiger partial charge in [0.05, 0.1) is 6.04 Å². The van der Waals surface area contributed by atoms with Gasteiger partial charge >= 0.3 is 0 Å². The Morgan fingerprint density at radius 3 is 2.50 bits per heavy atom. The molecule has 1 aliphatic heterocycles. The van der Waals surface area contributed by atoms with Gasteiger partial charge in [0.1, 0.15) is 12.6 Å². The van der Waals surface area contributed by atoms with Crippen LogP contribution in [0.25, 0.3) is 0 Å². The molecule has 0 aliphatic carbocycles. The first-order valence-electron chi connectivity index (χ1n) is 6.76. The maximum atomic E-state index is 12.5. The van der Waals surface area contributed by atoms with Crippen LogP contribution in [0.15, 0.2) is 24.3 Å². The number of nitrogens with zero attached hydrogens (tertiary/aromatic N) is 1. The monoisotopic (exact) mass is 294 g/mol. The standard InChI is InChI=1S/C15H19ClN2O2/c1-9(2)14-15(20)18(8-13(19)17-14)10(3)11-6-4-5-7-12(11)16/h4-7,9-10,14H,8H2,1-3H3,(H,17,19). The summed E-state index contributed by atoms with van der Waals surface area (Å²) in [4.78, 5) is 25.9. The van der Waals surface area contributed by atoms with Gasteiger partial charge in [-0.2, -0.15) is 0 Å². The first kappa shape index (κ1) is 14.9. The topological polar surface area (TPSA) is 49.4 Å². The molecule has 1 aromatic carbocycles. The second kappa shape index (κ2) is 5.83. The fraction of sp³-hybridized carbons (Fsp3) is 0.467. The molecule has 5 heteroatoms. The Morgan fingerprint density at radius 2 is 1.90 bits per heavy atom. The van der Waals surface area contributed by atoms with Crippen LogP contribution in [0.1, 0.15) is 32.4 Å². The molecule has 0 saturated carbocycles. The summed E-state index contributed by atoms with van der Waals surface area (Å²) in [6.07, 6.45) is 0. The zero-order valence-electron chi connectivity index (χ0n) is 11.9. The molecule has 108 valence electrons. The van der Waals surface area contributed by atoms with E-state index < -0.39 is 6.04 Å². The lowest BCUT2D eigenvalue weighted by Crippen LogP contribution is -2.60. The van der Waals surface area contributed by atoms with Gasteiger partial charge in [-0.1, -0.05) is 43.6 Å². The molecule has 4 nitrogen and oxygen atoms in total. The van der Waals surface area contributed by atoms with E-state index in [9.17, 15) is 9.59 Å². The van der Waals surface area contributed by atoms with Crippen molar-refractivity contribution in [3.63, 3.8) is 0 Å². The summed E-state index contributed by atoms with van der Waals surface area (Å²) in [5.41, 5.74) is 0.861. The minimum absolute atomic E-state index is 0.0491. The Labute approximate surface area is 124 Å². The van der Waals surface area contributed by atoms with Crippen LogP contribution in [0.3, 0.4) is 0 Å². The number of halogens is 1. The van der Waals surface area contributed by atoms with Gasteiger partial charge in [0.2, 0.25) is 11.8 Å². The van der Waals surface area contributed by atoms with E-state index in [-0.39, 0.29) is 30.3 Å². The van der Waals surface area contributed by atoms with E-state index >= 15 is 0 Å². The van der Waals surface area contributed by atoms with Crippen molar-refractivity contribution in [2.45, 2.75) is 32.9 Å². The van der Waals surface area contributed by atoms with Crippen molar-refractivity contribution in [2.75, 3.05) is 6.54 Å². The maximum Gasteiger partial charge on any atom is 0.246 e. The van der Waals surface area contributed by atoms with Gasteiger partial charge in [-0.3, -0.25) is 9.59 Å². The smallest absolute Gasteiger partial charge is 0.246 e. The first-order valence-corrected chi connectivity index (χ1v) is 7.14. The van der Waals surface area contributed by atoms with E-state index in [1.54, 1.807) is 11.0 Å². The van der Waals surface area contributed by atoms with Crippen LogP contribution in [0.2, 0.25) is 5.02 Å². The molecular formula is C15H19ClN2O2. The van der Waals surface area contributed by atoms with Gasteiger partial charge in [-0.15, -0.1) is 0 Å². The fourth-order valence-electron chi connectivity index (χ4n) is 2.45. The lowest BCUT2D eigenvalue weighted by atomic mass is 9.98. The molecule has 1 saturated heterocycles. The van der Waals surface area contributed by atoms with E-state index in [1.807, 2.05) is 39.0 Å². The Balaban J connectivity index is 2.29. The van der Waals surface area contributed by atoms with Crippen molar-refractivity contribution < 1.29 is 9.59 Å². The van der Waals surface area contributed by atoms with E-state index in [0.717, 1.165) is 5.56 Å². The minimum atomic E-state index is -0.457. The third kappa shape index (κ3) is 2.80. The number of benzene rings is 1. The van der Waals surface area contributed by atoms with E-state index in [2.05, 4.69) is 5.32 Å². The molecule has 0 aromatic heterocycles. The van der Waals surface area contributed by atoms with Crippen molar-refractivity contribution in [3.8, 4) is 0 Å². The van der Waals surface area contributed by atoms with Gasteiger partial charge in [0.15, 0.2) is 0 Å². The average molecular weight is 295 g/mol. The summed E-state index contributed by atoms with van der Waals surface area (Å²) in [7, 11) is 0. The summed E-state index contributed by atoms with van der Waals surface area (Å²) in [6.45, 7) is 5.82. The predicted octanol–water partition coefficient (Wildman–Crippen LogP) is 2.38. The lowest BCUT2D eigenvalue weighted by molar-refractivity contribution is -0.147. The van der Waals surface area contributed by atoms with Gasteiger partial charge < -0.3 is 10.2 Å². The number of rotatable bonds is 3. The van der Waals surface area contributed by atoms with E-state index in [0.29, 0.717) is 5.02 Å². The van der Waals surface area contributed by atoms with Crippen LogP contribution < -0.4 is 5.32 Å². The summed E-state index contributed by atoms with van der Waals surface area (Å²) >= 11 is 6.18. The number of carbonyl (C=O) groups is 2. The quantitative estimate of drug-likeness (QED) is 0.930. The van der Waals surface area contributed by atoms with E-state index in [1.165, 1.54) is 0 Å². The molecule has 0 radical (unpaired) electrons. The number of piperazine rings is 1. The van der Waals surface area contributed by atoms with Gasteiger partial charge in [-0.05, 0) is 24.5 Å². The Morgan fingerprint density at radius 1 is 1.25 bits per heavy atom. The second-order valence-electron chi connectivity index (χ2n) is 5.45. The highest BCUT2D eigenvalue weighted by Gasteiger charge is 2.37. The predicted molar refractivity (Wildman–Crippen MR) is 78.3 cm³/mol. The van der Waals surface area contributed by atoms with Gasteiger partial charge in [0.25, 0.3) is 0 Å². The normalized spacial score (nSPS) is 21.1. The van der Waals surface area contributed by atoms with Crippen LogP contribution in [-0.2, 0) is 9.59 Å². The van der Waals surface area contributed by atoms with Crippen molar-refractivity contribution in [2.24, 2.45) is 5.92 Å². The Kier molecular flexibility index (Phi) is 4.33. The summed E-state index contributed by atoms with van der Waals surface area (Å²) in [5, 5.41) is 3.36. The summed E-state index contributed by atoms with van der Waals surface area (Å²) in [6, 6.07) is 6.73. The molecule has 0 bridgehead atoms. The van der Waals surface area contributed by atoms with Crippen molar-refractivity contribution in [1.29, 1.82) is 0 Å². The first-order chi connectivity index (χ1) is 9.41. The van der Waals surface area contributed by atoms with Gasteiger partial charge in [0, 0.05) is 5.02 Å². The molecule has 2 amide bonds. The third-order valence-electron chi connectivity index (χ3n) is 3.67. The average Bonchev–Trinajstić information content (AvgIpc) is 2.40. The SMILES string of the molecule is CC(C)C1NC(=O)CN(C(C)c2ccccc2Cl)C1=O. The zero-order chi connectivity index (χ0) is 14.9.